The molecule has 58 heteroatoms. The zero-order chi connectivity index (χ0) is 112. The van der Waals surface area contributed by atoms with E-state index in [-0.39, 0.29) is 6.42 Å². The summed E-state index contributed by atoms with van der Waals surface area (Å²) in [6.07, 6.45) is -63.9. The van der Waals surface area contributed by atoms with Crippen LogP contribution in [0.1, 0.15) is 186 Å². The predicted molar refractivity (Wildman–Crippen MR) is 466 cm³/mol. The van der Waals surface area contributed by atoms with Crippen molar-refractivity contribution in [3.63, 3.8) is 0 Å². The van der Waals surface area contributed by atoms with E-state index < -0.39 is 385 Å². The molecular weight excluding hydrogens is 1990 g/mol. The standard InChI is InChI=1S/C89H125N3O55/c1-26-59-65(127-44(11)101)74(133-50(17)107)80(139-56(23)113)86(142-59)145-68(60(124-41(8)98)28-119-36(3)93)71(130-47(14)104)77(136-53(20)110)83(116)90-33-89(27-2,34-91-84(117)78(137-54(21)111)72(131-48(15)105)69(61(125-42(9)99)29-120-37(4)94)146-87-81(140-57(24)114)75(134-51(18)108)66(128-45(12)102)63(143-87)31-122-39(6)96)35-92-85(118)79(138-55(22)112)73(132-49(16)106)70(62(126-43(10)100)30-121-38(5)95)147-88-82(141-58(25)115)76(135-52(19)109)67(129-46(13)103)64(144-88)32-123-40(7)97/h59-82,86-88H,26-35H2,1-25H3,(H,90,116)(H,91,117)(H,92,118). The van der Waals surface area contributed by atoms with Crippen LogP contribution in [0.2, 0.25) is 0 Å². The van der Waals surface area contributed by atoms with E-state index in [9.17, 15) is 110 Å². The molecule has 3 N–H and O–H groups in total. The number of carbonyl (C=O) groups is 26. The number of amides is 3. The Balaban J connectivity index is 2.87. The lowest BCUT2D eigenvalue weighted by atomic mass is 9.84. The summed E-state index contributed by atoms with van der Waals surface area (Å²) >= 11 is 0. The molecule has 27 unspecified atom stereocenters. The Bertz CT molecular complexity index is 4500. The van der Waals surface area contributed by atoms with Crippen molar-refractivity contribution in [3.05, 3.63) is 0 Å². The Morgan fingerprint density at radius 1 is 0.224 bits per heavy atom. The summed E-state index contributed by atoms with van der Waals surface area (Å²) in [5.74, 6) is -34.6. The van der Waals surface area contributed by atoms with Crippen LogP contribution >= 0.6 is 0 Å². The van der Waals surface area contributed by atoms with Crippen molar-refractivity contribution in [2.75, 3.05) is 52.7 Å². The number of nitrogens with one attached hydrogen (secondary N) is 3. The number of hydrogen-bond acceptors (Lipinski definition) is 55. The van der Waals surface area contributed by atoms with Crippen LogP contribution in [0.3, 0.4) is 0 Å². The summed E-state index contributed by atoms with van der Waals surface area (Å²) < 4.78 is 166. The molecule has 3 heterocycles. The van der Waals surface area contributed by atoms with Crippen molar-refractivity contribution in [1.82, 2.24) is 16.0 Å². The predicted octanol–water partition coefficient (Wildman–Crippen LogP) is -2.94. The Hall–Kier alpha value is -14.0. The molecule has 3 amide bonds. The van der Waals surface area contributed by atoms with Gasteiger partial charge < -0.3 is 153 Å². The van der Waals surface area contributed by atoms with E-state index >= 15 is 14.4 Å². The zero-order valence-electron chi connectivity index (χ0n) is 85.1. The molecule has 0 aromatic carbocycles. The molecule has 0 aromatic heterocycles. The third-order valence-electron chi connectivity index (χ3n) is 20.2. The summed E-state index contributed by atoms with van der Waals surface area (Å²) in [4.78, 5) is 353. The van der Waals surface area contributed by atoms with Gasteiger partial charge in [0.15, 0.2) is 110 Å². The second kappa shape index (κ2) is 60.8. The topological polar surface area (TPSA) is 748 Å². The molecule has 0 bridgehead atoms. The van der Waals surface area contributed by atoms with Crippen LogP contribution < -0.4 is 16.0 Å². The van der Waals surface area contributed by atoms with Gasteiger partial charge in [0.2, 0.25) is 18.3 Å². The molecule has 3 fully saturated rings. The van der Waals surface area contributed by atoms with Crippen molar-refractivity contribution in [3.8, 4) is 0 Å². The van der Waals surface area contributed by atoms with Crippen LogP contribution in [-0.4, -0.2) is 373 Å². The molecule has 3 rings (SSSR count). The quantitative estimate of drug-likeness (QED) is 0.0405. The molecule has 0 aliphatic carbocycles. The van der Waals surface area contributed by atoms with Crippen molar-refractivity contribution in [1.29, 1.82) is 0 Å². The smallest absolute Gasteiger partial charge is 0.303 e. The average Bonchev–Trinajstić information content (AvgIpc) is 0.778. The molecule has 0 radical (unpaired) electrons. The van der Waals surface area contributed by atoms with Crippen molar-refractivity contribution < 1.29 is 262 Å². The monoisotopic (exact) mass is 2120 g/mol. The largest absolute Gasteiger partial charge is 0.463 e. The minimum Gasteiger partial charge on any atom is -0.463 e. The zero-order valence-corrected chi connectivity index (χ0v) is 85.1. The van der Waals surface area contributed by atoms with Crippen LogP contribution in [0.4, 0.5) is 0 Å². The first-order valence-corrected chi connectivity index (χ1v) is 45.0. The molecule has 0 spiro atoms. The number of rotatable bonds is 54. The molecule has 826 valence electrons. The number of ether oxygens (including phenoxy) is 29. The van der Waals surface area contributed by atoms with Gasteiger partial charge >= 0.3 is 137 Å². The van der Waals surface area contributed by atoms with Crippen molar-refractivity contribution in [2.45, 2.75) is 351 Å². The average molecular weight is 2120 g/mol. The molecule has 27 atom stereocenters. The summed E-state index contributed by atoms with van der Waals surface area (Å²) in [5.41, 5.74) is -2.44. The Labute approximate surface area is 839 Å². The molecule has 0 aromatic rings. The van der Waals surface area contributed by atoms with Gasteiger partial charge in [-0.05, 0) is 12.8 Å². The summed E-state index contributed by atoms with van der Waals surface area (Å²) in [6, 6.07) is 0. The lowest BCUT2D eigenvalue weighted by molar-refractivity contribution is -0.331. The van der Waals surface area contributed by atoms with Gasteiger partial charge in [-0.2, -0.15) is 0 Å². The van der Waals surface area contributed by atoms with Gasteiger partial charge in [-0.25, -0.2) is 0 Å². The number of hydrogen-bond donors (Lipinski definition) is 3. The maximum absolute atomic E-state index is 16.1. The molecule has 3 saturated heterocycles. The SMILES string of the molecule is CCC1OC(OC(C(COC(C)=O)OC(C)=O)C(OC(C)=O)C(OC(C)=O)C(=O)NCC(CC)(CNC(=O)C(OC(C)=O)C(OC(C)=O)C(OC2OC(COC(C)=O)C(OC(C)=O)C(OC(C)=O)C2OC(C)=O)C(COC(C)=O)OC(C)=O)CNC(=O)C(OC(C)=O)C(OC(C)=O)C(OC2OC(COC(C)=O)C(OC(C)=O)C(OC(C)=O)C2OC(C)=O)C(COC(C)=O)OC(C)=O)C(OC(C)=O)C(OC(C)=O)C1OC(C)=O. The van der Waals surface area contributed by atoms with E-state index in [2.05, 4.69) is 16.0 Å². The highest BCUT2D eigenvalue weighted by Crippen LogP contribution is 2.39. The van der Waals surface area contributed by atoms with Gasteiger partial charge in [0.1, 0.15) is 69.7 Å². The van der Waals surface area contributed by atoms with E-state index in [1.165, 1.54) is 13.8 Å². The number of carbonyl (C=O) groups excluding carboxylic acids is 26. The third kappa shape index (κ3) is 43.7. The minimum atomic E-state index is -2.89. The second-order valence-corrected chi connectivity index (χ2v) is 32.8. The summed E-state index contributed by atoms with van der Waals surface area (Å²) in [5, 5.41) is 7.16. The fourth-order valence-electron chi connectivity index (χ4n) is 14.8. The van der Waals surface area contributed by atoms with E-state index in [1.807, 2.05) is 0 Å². The van der Waals surface area contributed by atoms with Gasteiger partial charge in [-0.1, -0.05) is 13.8 Å². The minimum absolute atomic E-state index is 0.224. The van der Waals surface area contributed by atoms with Gasteiger partial charge in [0, 0.05) is 184 Å². The van der Waals surface area contributed by atoms with Crippen LogP contribution in [0.5, 0.6) is 0 Å². The lowest BCUT2D eigenvalue weighted by Gasteiger charge is -2.46. The van der Waals surface area contributed by atoms with Crippen LogP contribution in [0, 0.1) is 5.41 Å². The molecular formula is C89H125N3O55. The third-order valence-corrected chi connectivity index (χ3v) is 20.2. The molecule has 0 saturated carbocycles. The van der Waals surface area contributed by atoms with Gasteiger partial charge in [0.25, 0.3) is 17.7 Å². The first kappa shape index (κ1) is 127. The Morgan fingerprint density at radius 3 is 0.612 bits per heavy atom. The van der Waals surface area contributed by atoms with E-state index in [1.54, 1.807) is 0 Å². The van der Waals surface area contributed by atoms with Crippen LogP contribution in [-0.2, 0) is 262 Å². The highest BCUT2D eigenvalue weighted by atomic mass is 16.8. The molecule has 147 heavy (non-hydrogen) atoms. The van der Waals surface area contributed by atoms with E-state index in [0.29, 0.717) is 41.5 Å². The van der Waals surface area contributed by atoms with E-state index in [0.717, 1.165) is 118 Å². The molecule has 3 aliphatic heterocycles. The van der Waals surface area contributed by atoms with Crippen LogP contribution in [0.25, 0.3) is 0 Å². The Kier molecular flexibility index (Phi) is 52.6. The summed E-state index contributed by atoms with van der Waals surface area (Å²) in [6.45, 7) is 11.2. The Morgan fingerprint density at radius 2 is 0.422 bits per heavy atom. The summed E-state index contributed by atoms with van der Waals surface area (Å²) in [7, 11) is 0. The van der Waals surface area contributed by atoms with Crippen molar-refractivity contribution >= 4 is 155 Å². The molecule has 58 nitrogen and oxygen atoms in total. The highest BCUT2D eigenvalue weighted by molar-refractivity contribution is 5.87. The molecule has 3 aliphatic rings. The van der Waals surface area contributed by atoms with Gasteiger partial charge in [-0.3, -0.25) is 125 Å². The first-order valence-electron chi connectivity index (χ1n) is 45.0. The van der Waals surface area contributed by atoms with Gasteiger partial charge in [0.05, 0.1) is 0 Å². The van der Waals surface area contributed by atoms with Crippen molar-refractivity contribution in [2.24, 2.45) is 5.41 Å². The normalized spacial score (nSPS) is 23.1. The highest BCUT2D eigenvalue weighted by Gasteiger charge is 2.61. The fraction of sp³-hybridized carbons (Fsp3) is 0.708. The second-order valence-electron chi connectivity index (χ2n) is 32.8. The lowest BCUT2D eigenvalue weighted by Crippen LogP contribution is -2.65. The van der Waals surface area contributed by atoms with E-state index in [4.69, 9.17) is 137 Å². The van der Waals surface area contributed by atoms with Gasteiger partial charge in [-0.15, -0.1) is 0 Å². The fourth-order valence-corrected chi connectivity index (χ4v) is 14.8. The van der Waals surface area contributed by atoms with Crippen LogP contribution in [0.15, 0.2) is 0 Å². The maximum Gasteiger partial charge on any atom is 0.303 e. The first-order chi connectivity index (χ1) is 68.4. The maximum atomic E-state index is 16.1. The number of esters is 23.